The van der Waals surface area contributed by atoms with Crippen molar-refractivity contribution in [2.24, 2.45) is 0 Å². The Bertz CT molecular complexity index is 902. The van der Waals surface area contributed by atoms with E-state index in [1.165, 1.54) is 11.1 Å². The zero-order valence-electron chi connectivity index (χ0n) is 14.1. The highest BCUT2D eigenvalue weighted by Gasteiger charge is 2.26. The summed E-state index contributed by atoms with van der Waals surface area (Å²) in [6.07, 6.45) is 6.56. The fourth-order valence-corrected chi connectivity index (χ4v) is 3.44. The number of rotatable bonds is 5. The maximum absolute atomic E-state index is 12.5. The molecule has 0 radical (unpaired) electrons. The maximum atomic E-state index is 12.5. The minimum absolute atomic E-state index is 0.154. The molecule has 0 spiro atoms. The van der Waals surface area contributed by atoms with Crippen molar-refractivity contribution in [3.05, 3.63) is 65.3 Å². The number of carbonyl (C=O) groups excluding carboxylic acids is 1. The lowest BCUT2D eigenvalue weighted by Crippen LogP contribution is -2.05. The highest BCUT2D eigenvalue weighted by molar-refractivity contribution is 5.96. The Labute approximate surface area is 146 Å². The van der Waals surface area contributed by atoms with Crippen molar-refractivity contribution in [1.82, 2.24) is 15.1 Å². The molecule has 3 aromatic rings. The van der Waals surface area contributed by atoms with Gasteiger partial charge in [-0.15, -0.1) is 0 Å². The van der Waals surface area contributed by atoms with E-state index in [0.717, 1.165) is 24.8 Å². The predicted molar refractivity (Wildman–Crippen MR) is 93.4 cm³/mol. The number of hydrogen-bond acceptors (Lipinski definition) is 5. The molecule has 1 aliphatic rings. The minimum atomic E-state index is 0.154. The Balaban J connectivity index is 1.54. The van der Waals surface area contributed by atoms with Gasteiger partial charge in [0.25, 0.3) is 0 Å². The summed E-state index contributed by atoms with van der Waals surface area (Å²) in [5, 5.41) is 4.04. The molecule has 0 amide bonds. The molecule has 5 nitrogen and oxygen atoms in total. The van der Waals surface area contributed by atoms with Crippen LogP contribution in [0.3, 0.4) is 0 Å². The molecule has 5 heteroatoms. The third kappa shape index (κ3) is 3.09. The number of pyridine rings is 1. The summed E-state index contributed by atoms with van der Waals surface area (Å²) in [5.74, 6) is 1.71. The minimum Gasteiger partial charge on any atom is -0.339 e. The summed E-state index contributed by atoms with van der Waals surface area (Å²) < 4.78 is 5.20. The first kappa shape index (κ1) is 15.7. The van der Waals surface area contributed by atoms with E-state index in [0.29, 0.717) is 23.7 Å². The molecular formula is C20H19N3O2. The molecule has 0 unspecified atom stereocenters. The van der Waals surface area contributed by atoms with Crippen LogP contribution in [0.2, 0.25) is 0 Å². The summed E-state index contributed by atoms with van der Waals surface area (Å²) >= 11 is 0. The van der Waals surface area contributed by atoms with Crippen LogP contribution in [0.5, 0.6) is 0 Å². The van der Waals surface area contributed by atoms with Gasteiger partial charge in [0.15, 0.2) is 5.78 Å². The molecule has 0 N–H and O–H groups in total. The van der Waals surface area contributed by atoms with Gasteiger partial charge in [-0.3, -0.25) is 9.78 Å². The van der Waals surface area contributed by atoms with Crippen LogP contribution in [0.4, 0.5) is 0 Å². The van der Waals surface area contributed by atoms with Crippen LogP contribution in [0.1, 0.15) is 53.1 Å². The number of Topliss-reactive ketones (excluding diaryl/α,β-unsaturated/α-hetero) is 1. The van der Waals surface area contributed by atoms with Crippen LogP contribution in [0, 0.1) is 0 Å². The van der Waals surface area contributed by atoms with Gasteiger partial charge in [0.2, 0.25) is 11.7 Å². The number of ketones is 1. The van der Waals surface area contributed by atoms with Crippen molar-refractivity contribution < 1.29 is 9.32 Å². The van der Waals surface area contributed by atoms with Crippen LogP contribution in [0.15, 0.2) is 47.2 Å². The topological polar surface area (TPSA) is 68.9 Å². The van der Waals surface area contributed by atoms with E-state index >= 15 is 0 Å². The van der Waals surface area contributed by atoms with E-state index in [2.05, 4.69) is 27.3 Å². The third-order valence-electron chi connectivity index (χ3n) is 4.79. The van der Waals surface area contributed by atoms with E-state index in [4.69, 9.17) is 4.52 Å². The molecule has 126 valence electrons. The van der Waals surface area contributed by atoms with Crippen molar-refractivity contribution in [3.63, 3.8) is 0 Å². The molecule has 0 aliphatic heterocycles. The van der Waals surface area contributed by atoms with Gasteiger partial charge in [0, 0.05) is 36.4 Å². The number of aromatic nitrogens is 3. The van der Waals surface area contributed by atoms with Crippen molar-refractivity contribution in [3.8, 4) is 11.4 Å². The zero-order chi connectivity index (χ0) is 17.2. The van der Waals surface area contributed by atoms with Crippen LogP contribution in [-0.4, -0.2) is 20.9 Å². The number of nitrogens with zero attached hydrogens (tertiary/aromatic N) is 3. The Kier molecular flexibility index (Phi) is 4.14. The molecule has 0 saturated carbocycles. The molecule has 0 bridgehead atoms. The lowest BCUT2D eigenvalue weighted by Gasteiger charge is -2.11. The normalized spacial score (nSPS) is 16.0. The van der Waals surface area contributed by atoms with E-state index in [1.807, 2.05) is 19.1 Å². The summed E-state index contributed by atoms with van der Waals surface area (Å²) in [6, 6.07) is 9.90. The fourth-order valence-electron chi connectivity index (χ4n) is 3.44. The second-order valence-corrected chi connectivity index (χ2v) is 6.38. The van der Waals surface area contributed by atoms with E-state index in [-0.39, 0.29) is 11.7 Å². The van der Waals surface area contributed by atoms with Crippen LogP contribution in [0.25, 0.3) is 11.4 Å². The SMILES string of the molecule is CCc1nc(-c2ccc3c(c2)CC[C@H]3CC(=O)c2cccnc2)no1. The molecule has 1 aliphatic carbocycles. The Morgan fingerprint density at radius 2 is 2.24 bits per heavy atom. The molecule has 0 saturated heterocycles. The van der Waals surface area contributed by atoms with Crippen LogP contribution in [-0.2, 0) is 12.8 Å². The molecule has 2 aromatic heterocycles. The van der Waals surface area contributed by atoms with Crippen molar-refractivity contribution in [2.45, 2.75) is 38.5 Å². The van der Waals surface area contributed by atoms with Gasteiger partial charge in [-0.1, -0.05) is 24.2 Å². The van der Waals surface area contributed by atoms with Gasteiger partial charge in [-0.05, 0) is 48.1 Å². The lowest BCUT2D eigenvalue weighted by molar-refractivity contribution is 0.0973. The standard InChI is InChI=1S/C20H19N3O2/c1-2-19-22-20(23-25-19)15-7-8-17-13(10-15)5-6-14(17)11-18(24)16-4-3-9-21-12-16/h3-4,7-10,12,14H,2,5-6,11H2,1H3/t14-/m0/s1. The molecule has 0 fully saturated rings. The fraction of sp³-hybridized carbons (Fsp3) is 0.300. The zero-order valence-corrected chi connectivity index (χ0v) is 14.1. The second kappa shape index (κ2) is 6.59. The van der Waals surface area contributed by atoms with Gasteiger partial charge < -0.3 is 4.52 Å². The van der Waals surface area contributed by atoms with Crippen molar-refractivity contribution >= 4 is 5.78 Å². The number of benzene rings is 1. The highest BCUT2D eigenvalue weighted by atomic mass is 16.5. The lowest BCUT2D eigenvalue weighted by atomic mass is 9.93. The quantitative estimate of drug-likeness (QED) is 0.660. The van der Waals surface area contributed by atoms with E-state index < -0.39 is 0 Å². The Hall–Kier alpha value is -2.82. The van der Waals surface area contributed by atoms with E-state index in [1.54, 1.807) is 18.5 Å². The highest BCUT2D eigenvalue weighted by Crippen LogP contribution is 2.38. The van der Waals surface area contributed by atoms with Crippen molar-refractivity contribution in [2.75, 3.05) is 0 Å². The van der Waals surface area contributed by atoms with Crippen LogP contribution >= 0.6 is 0 Å². The molecule has 25 heavy (non-hydrogen) atoms. The summed E-state index contributed by atoms with van der Waals surface area (Å²) in [4.78, 5) is 20.9. The first-order valence-electron chi connectivity index (χ1n) is 8.63. The van der Waals surface area contributed by atoms with Crippen molar-refractivity contribution in [1.29, 1.82) is 0 Å². The smallest absolute Gasteiger partial charge is 0.226 e. The number of fused-ring (bicyclic) bond motifs is 1. The van der Waals surface area contributed by atoms with Gasteiger partial charge in [-0.25, -0.2) is 0 Å². The maximum Gasteiger partial charge on any atom is 0.226 e. The largest absolute Gasteiger partial charge is 0.339 e. The van der Waals surface area contributed by atoms with Gasteiger partial charge in [-0.2, -0.15) is 4.98 Å². The molecule has 2 heterocycles. The average molecular weight is 333 g/mol. The number of carbonyl (C=O) groups is 1. The number of aryl methyl sites for hydroxylation is 2. The summed E-state index contributed by atoms with van der Waals surface area (Å²) in [7, 11) is 0. The third-order valence-corrected chi connectivity index (χ3v) is 4.79. The van der Waals surface area contributed by atoms with E-state index in [9.17, 15) is 4.79 Å². The molecule has 4 rings (SSSR count). The molecule has 1 atom stereocenters. The second-order valence-electron chi connectivity index (χ2n) is 6.38. The van der Waals surface area contributed by atoms with Gasteiger partial charge in [0.1, 0.15) is 0 Å². The summed E-state index contributed by atoms with van der Waals surface area (Å²) in [5.41, 5.74) is 4.21. The Morgan fingerprint density at radius 1 is 1.32 bits per heavy atom. The van der Waals surface area contributed by atoms with Crippen LogP contribution < -0.4 is 0 Å². The monoisotopic (exact) mass is 333 g/mol. The first-order chi connectivity index (χ1) is 12.2. The van der Waals surface area contributed by atoms with Gasteiger partial charge >= 0.3 is 0 Å². The molecular weight excluding hydrogens is 314 g/mol. The number of hydrogen-bond donors (Lipinski definition) is 0. The predicted octanol–water partition coefficient (Wildman–Crippen LogP) is 4.00. The Morgan fingerprint density at radius 3 is 3.00 bits per heavy atom. The average Bonchev–Trinajstić information content (AvgIpc) is 3.29. The van der Waals surface area contributed by atoms with Gasteiger partial charge in [0.05, 0.1) is 0 Å². The molecule has 1 aromatic carbocycles. The first-order valence-corrected chi connectivity index (χ1v) is 8.63. The summed E-state index contributed by atoms with van der Waals surface area (Å²) in [6.45, 7) is 1.99.